The molecule has 0 aromatic carbocycles. The van der Waals surface area contributed by atoms with Crippen LogP contribution in [0.25, 0.3) is 0 Å². The topological polar surface area (TPSA) is 85.8 Å². The lowest BCUT2D eigenvalue weighted by molar-refractivity contribution is 0.0954. The molecule has 0 saturated heterocycles. The minimum Gasteiger partial charge on any atom is -0.382 e. The molecular formula is C12H14ClN5O. The molecule has 0 saturated carbocycles. The van der Waals surface area contributed by atoms with Gasteiger partial charge in [0.05, 0.1) is 16.8 Å². The van der Waals surface area contributed by atoms with Crippen LogP contribution in [-0.2, 0) is 13.5 Å². The van der Waals surface area contributed by atoms with Crippen molar-refractivity contribution in [2.75, 3.05) is 12.3 Å². The van der Waals surface area contributed by atoms with Gasteiger partial charge in [-0.25, -0.2) is 4.98 Å². The van der Waals surface area contributed by atoms with Gasteiger partial charge in [0.1, 0.15) is 5.82 Å². The van der Waals surface area contributed by atoms with E-state index in [1.165, 1.54) is 12.3 Å². The highest BCUT2D eigenvalue weighted by Gasteiger charge is 2.08. The number of pyridine rings is 1. The Bertz CT molecular complexity index is 596. The second-order valence-corrected chi connectivity index (χ2v) is 4.53. The van der Waals surface area contributed by atoms with Gasteiger partial charge in [-0.15, -0.1) is 0 Å². The van der Waals surface area contributed by atoms with Crippen LogP contribution in [0.2, 0.25) is 5.02 Å². The zero-order chi connectivity index (χ0) is 13.8. The molecule has 100 valence electrons. The zero-order valence-electron chi connectivity index (χ0n) is 10.4. The fourth-order valence-corrected chi connectivity index (χ4v) is 1.76. The van der Waals surface area contributed by atoms with Crippen molar-refractivity contribution in [3.63, 3.8) is 0 Å². The summed E-state index contributed by atoms with van der Waals surface area (Å²) in [6, 6.07) is 1.50. The van der Waals surface area contributed by atoms with Gasteiger partial charge in [-0.05, 0) is 18.1 Å². The molecule has 2 rings (SSSR count). The van der Waals surface area contributed by atoms with Crippen LogP contribution in [0, 0.1) is 0 Å². The first kappa shape index (κ1) is 13.4. The summed E-state index contributed by atoms with van der Waals surface area (Å²) in [6.07, 6.45) is 5.80. The number of carbonyl (C=O) groups is 1. The Morgan fingerprint density at radius 1 is 1.53 bits per heavy atom. The van der Waals surface area contributed by atoms with Crippen molar-refractivity contribution >= 4 is 23.3 Å². The zero-order valence-corrected chi connectivity index (χ0v) is 11.2. The van der Waals surface area contributed by atoms with Crippen molar-refractivity contribution in [1.82, 2.24) is 20.1 Å². The van der Waals surface area contributed by atoms with E-state index in [9.17, 15) is 4.79 Å². The van der Waals surface area contributed by atoms with Gasteiger partial charge in [-0.1, -0.05) is 11.6 Å². The third-order valence-electron chi connectivity index (χ3n) is 2.59. The third-order valence-corrected chi connectivity index (χ3v) is 2.89. The Kier molecular flexibility index (Phi) is 4.01. The number of nitrogen functional groups attached to an aromatic ring is 1. The standard InChI is InChI=1S/C12H14ClN5O/c1-18-7-8(5-17-18)2-3-15-12(19)9-4-10(13)11(14)16-6-9/h4-7H,2-3H2,1H3,(H2,14,16)(H,15,19). The van der Waals surface area contributed by atoms with E-state index >= 15 is 0 Å². The highest BCUT2D eigenvalue weighted by atomic mass is 35.5. The van der Waals surface area contributed by atoms with Crippen molar-refractivity contribution in [3.8, 4) is 0 Å². The number of aromatic nitrogens is 3. The normalized spacial score (nSPS) is 10.4. The van der Waals surface area contributed by atoms with Crippen molar-refractivity contribution in [2.24, 2.45) is 7.05 Å². The van der Waals surface area contributed by atoms with Gasteiger partial charge in [0.25, 0.3) is 5.91 Å². The minimum atomic E-state index is -0.224. The monoisotopic (exact) mass is 279 g/mol. The Morgan fingerprint density at radius 3 is 2.95 bits per heavy atom. The van der Waals surface area contributed by atoms with Crippen LogP contribution in [0.15, 0.2) is 24.7 Å². The van der Waals surface area contributed by atoms with Gasteiger partial charge < -0.3 is 11.1 Å². The quantitative estimate of drug-likeness (QED) is 0.875. The average Bonchev–Trinajstić information content (AvgIpc) is 2.78. The van der Waals surface area contributed by atoms with Crippen molar-refractivity contribution in [1.29, 1.82) is 0 Å². The molecule has 0 aliphatic carbocycles. The number of rotatable bonds is 4. The highest BCUT2D eigenvalue weighted by molar-refractivity contribution is 6.33. The van der Waals surface area contributed by atoms with Gasteiger partial charge in [0, 0.05) is 26.0 Å². The predicted octanol–water partition coefficient (Wildman–Crippen LogP) is 1.02. The maximum Gasteiger partial charge on any atom is 0.252 e. The lowest BCUT2D eigenvalue weighted by Crippen LogP contribution is -2.25. The molecule has 0 radical (unpaired) electrons. The van der Waals surface area contributed by atoms with E-state index in [-0.39, 0.29) is 16.7 Å². The Morgan fingerprint density at radius 2 is 2.32 bits per heavy atom. The maximum absolute atomic E-state index is 11.8. The summed E-state index contributed by atoms with van der Waals surface area (Å²) in [5.74, 6) is -0.00753. The van der Waals surface area contributed by atoms with Gasteiger partial charge in [0.2, 0.25) is 0 Å². The number of anilines is 1. The van der Waals surface area contributed by atoms with Crippen LogP contribution >= 0.6 is 11.6 Å². The largest absolute Gasteiger partial charge is 0.382 e. The second kappa shape index (κ2) is 5.71. The van der Waals surface area contributed by atoms with E-state index in [4.69, 9.17) is 17.3 Å². The summed E-state index contributed by atoms with van der Waals surface area (Å²) in [6.45, 7) is 0.520. The molecule has 0 fully saturated rings. The Labute approximate surface area is 115 Å². The summed E-state index contributed by atoms with van der Waals surface area (Å²) >= 11 is 5.81. The number of nitrogens with two attached hydrogens (primary N) is 1. The molecule has 3 N–H and O–H groups in total. The molecule has 1 amide bonds. The number of halogens is 1. The van der Waals surface area contributed by atoms with E-state index in [0.717, 1.165) is 12.0 Å². The third kappa shape index (κ3) is 3.45. The fraction of sp³-hybridized carbons (Fsp3) is 0.250. The smallest absolute Gasteiger partial charge is 0.252 e. The molecule has 0 aliphatic heterocycles. The summed E-state index contributed by atoms with van der Waals surface area (Å²) in [5, 5.41) is 7.12. The van der Waals surface area contributed by atoms with Gasteiger partial charge in [0.15, 0.2) is 0 Å². The van der Waals surface area contributed by atoms with E-state index in [1.807, 2.05) is 13.2 Å². The van der Waals surface area contributed by atoms with Crippen LogP contribution in [-0.4, -0.2) is 27.2 Å². The first-order valence-electron chi connectivity index (χ1n) is 5.73. The van der Waals surface area contributed by atoms with Gasteiger partial charge in [-0.2, -0.15) is 5.10 Å². The number of aryl methyl sites for hydroxylation is 1. The molecule has 2 heterocycles. The molecule has 0 aliphatic rings. The van der Waals surface area contributed by atoms with Crippen molar-refractivity contribution in [3.05, 3.63) is 40.8 Å². The van der Waals surface area contributed by atoms with E-state index in [1.54, 1.807) is 10.9 Å². The number of nitrogens with zero attached hydrogens (tertiary/aromatic N) is 3. The molecule has 6 nitrogen and oxygen atoms in total. The van der Waals surface area contributed by atoms with Crippen LogP contribution in [0.3, 0.4) is 0 Å². The van der Waals surface area contributed by atoms with Crippen molar-refractivity contribution in [2.45, 2.75) is 6.42 Å². The number of hydrogen-bond acceptors (Lipinski definition) is 4. The minimum absolute atomic E-state index is 0.216. The molecule has 0 bridgehead atoms. The number of amides is 1. The number of carbonyl (C=O) groups excluding carboxylic acids is 1. The van der Waals surface area contributed by atoms with Crippen LogP contribution in [0.5, 0.6) is 0 Å². The predicted molar refractivity (Wildman–Crippen MR) is 72.9 cm³/mol. The van der Waals surface area contributed by atoms with Crippen LogP contribution in [0.4, 0.5) is 5.82 Å². The Balaban J connectivity index is 1.89. The molecule has 19 heavy (non-hydrogen) atoms. The SMILES string of the molecule is Cn1cc(CCNC(=O)c2cnc(N)c(Cl)c2)cn1. The van der Waals surface area contributed by atoms with Gasteiger partial charge in [-0.3, -0.25) is 9.48 Å². The number of hydrogen-bond donors (Lipinski definition) is 2. The molecule has 2 aromatic rings. The fourth-order valence-electron chi connectivity index (χ4n) is 1.60. The molecule has 0 unspecified atom stereocenters. The van der Waals surface area contributed by atoms with E-state index in [0.29, 0.717) is 12.1 Å². The molecule has 2 aromatic heterocycles. The van der Waals surface area contributed by atoms with Crippen LogP contribution < -0.4 is 11.1 Å². The first-order chi connectivity index (χ1) is 9.06. The summed E-state index contributed by atoms with van der Waals surface area (Å²) in [4.78, 5) is 15.7. The second-order valence-electron chi connectivity index (χ2n) is 4.12. The van der Waals surface area contributed by atoms with Gasteiger partial charge >= 0.3 is 0 Å². The summed E-state index contributed by atoms with van der Waals surface area (Å²) in [7, 11) is 1.85. The average molecular weight is 280 g/mol. The summed E-state index contributed by atoms with van der Waals surface area (Å²) < 4.78 is 1.72. The van der Waals surface area contributed by atoms with Crippen LogP contribution in [0.1, 0.15) is 15.9 Å². The lowest BCUT2D eigenvalue weighted by atomic mass is 10.2. The van der Waals surface area contributed by atoms with E-state index < -0.39 is 0 Å². The highest BCUT2D eigenvalue weighted by Crippen LogP contribution is 2.16. The summed E-state index contributed by atoms with van der Waals surface area (Å²) in [5.41, 5.74) is 6.94. The van der Waals surface area contributed by atoms with Crippen molar-refractivity contribution < 1.29 is 4.79 Å². The van der Waals surface area contributed by atoms with E-state index in [2.05, 4.69) is 15.4 Å². The maximum atomic E-state index is 11.8. The Hall–Kier alpha value is -2.08. The first-order valence-corrected chi connectivity index (χ1v) is 6.11. The number of nitrogens with one attached hydrogen (secondary N) is 1. The molecular weight excluding hydrogens is 266 g/mol. The lowest BCUT2D eigenvalue weighted by Gasteiger charge is -2.05. The molecule has 0 atom stereocenters. The molecule has 7 heteroatoms. The molecule has 0 spiro atoms.